The maximum atomic E-state index is 14.2. The molecule has 1 fully saturated rings. The first-order valence-corrected chi connectivity index (χ1v) is 11.0. The Morgan fingerprint density at radius 3 is 2.91 bits per heavy atom. The maximum absolute atomic E-state index is 14.2. The Balaban J connectivity index is 1.47. The summed E-state index contributed by atoms with van der Waals surface area (Å²) in [4.78, 5) is 8.57. The highest BCUT2D eigenvalue weighted by Crippen LogP contribution is 2.30. The van der Waals surface area contributed by atoms with E-state index in [9.17, 15) is 4.39 Å². The van der Waals surface area contributed by atoms with E-state index < -0.39 is 0 Å². The number of nitrogens with zero attached hydrogens (tertiary/aromatic N) is 3. The molecule has 0 unspecified atom stereocenters. The van der Waals surface area contributed by atoms with Crippen LogP contribution in [0.5, 0.6) is 5.75 Å². The standard InChI is InChI=1S/C26H26FN5O/c1-18(13-28)32-15-21(19-4-6-20(7-5-19)25-3-2-11-31-25)14-29-17-30-16-23-22-10-12-33-26(22)9-8-24(23)27/h4-9,14-15,17,25,31-32H,1-3,10-12,16H2/t25-/m1/s1. The van der Waals surface area contributed by atoms with Gasteiger partial charge in [-0.05, 0) is 42.6 Å². The lowest BCUT2D eigenvalue weighted by Gasteiger charge is -2.11. The lowest BCUT2D eigenvalue weighted by Crippen LogP contribution is -2.12. The van der Waals surface area contributed by atoms with Crippen LogP contribution in [0.3, 0.4) is 0 Å². The Hall–Kier alpha value is -3.76. The van der Waals surface area contributed by atoms with Crippen LogP contribution < -0.4 is 15.4 Å². The van der Waals surface area contributed by atoms with Gasteiger partial charge < -0.3 is 15.4 Å². The van der Waals surface area contributed by atoms with Gasteiger partial charge in [-0.25, -0.2) is 9.38 Å². The molecule has 0 amide bonds. The molecule has 0 aliphatic carbocycles. The quantitative estimate of drug-likeness (QED) is 0.359. The Morgan fingerprint density at radius 2 is 2.15 bits per heavy atom. The van der Waals surface area contributed by atoms with Gasteiger partial charge in [0.1, 0.15) is 29.7 Å². The third kappa shape index (κ3) is 5.54. The summed E-state index contributed by atoms with van der Waals surface area (Å²) >= 11 is 0. The Kier molecular flexibility index (Phi) is 7.28. The second-order valence-electron chi connectivity index (χ2n) is 7.94. The van der Waals surface area contributed by atoms with E-state index in [1.54, 1.807) is 18.5 Å². The van der Waals surface area contributed by atoms with Crippen LogP contribution in [-0.2, 0) is 13.0 Å². The number of ether oxygens (including phenoxy) is 1. The SMILES string of the molecule is C=C(C#N)NC=C(C=NC=NCc1c(F)ccc2c1CCO2)c1ccc([C@H]2CCCN2)cc1. The molecule has 2 aliphatic heterocycles. The number of hydrogen-bond acceptors (Lipinski definition) is 5. The summed E-state index contributed by atoms with van der Waals surface area (Å²) in [6.07, 6.45) is 7.77. The van der Waals surface area contributed by atoms with E-state index in [0.29, 0.717) is 24.6 Å². The number of nitrogens with one attached hydrogen (secondary N) is 2. The van der Waals surface area contributed by atoms with Gasteiger partial charge in [-0.2, -0.15) is 5.26 Å². The minimum Gasteiger partial charge on any atom is -0.493 e. The largest absolute Gasteiger partial charge is 0.493 e. The van der Waals surface area contributed by atoms with Gasteiger partial charge in [0.2, 0.25) is 0 Å². The molecule has 2 aliphatic rings. The van der Waals surface area contributed by atoms with Gasteiger partial charge in [-0.3, -0.25) is 4.99 Å². The van der Waals surface area contributed by atoms with E-state index in [2.05, 4.69) is 39.3 Å². The molecular formula is C26H26FN5O. The number of fused-ring (bicyclic) bond motifs is 1. The van der Waals surface area contributed by atoms with E-state index in [1.807, 2.05) is 18.2 Å². The van der Waals surface area contributed by atoms with Gasteiger partial charge in [-0.1, -0.05) is 30.8 Å². The van der Waals surface area contributed by atoms with Gasteiger partial charge in [0.25, 0.3) is 0 Å². The molecule has 2 heterocycles. The van der Waals surface area contributed by atoms with Crippen molar-refractivity contribution in [3.05, 3.63) is 82.9 Å². The molecule has 0 saturated carbocycles. The Labute approximate surface area is 193 Å². The molecule has 33 heavy (non-hydrogen) atoms. The molecule has 0 spiro atoms. The molecule has 1 atom stereocenters. The first-order chi connectivity index (χ1) is 16.2. The van der Waals surface area contributed by atoms with Crippen LogP contribution in [0.15, 0.2) is 64.9 Å². The van der Waals surface area contributed by atoms with Crippen molar-refractivity contribution in [3.8, 4) is 11.8 Å². The smallest absolute Gasteiger partial charge is 0.128 e. The van der Waals surface area contributed by atoms with Crippen LogP contribution in [0.25, 0.3) is 5.57 Å². The van der Waals surface area contributed by atoms with E-state index in [4.69, 9.17) is 10.00 Å². The Bertz CT molecular complexity index is 1140. The lowest BCUT2D eigenvalue weighted by atomic mass is 10.0. The Morgan fingerprint density at radius 1 is 1.30 bits per heavy atom. The number of allylic oxidation sites excluding steroid dienone is 2. The maximum Gasteiger partial charge on any atom is 0.128 e. The summed E-state index contributed by atoms with van der Waals surface area (Å²) in [5, 5.41) is 15.3. The van der Waals surface area contributed by atoms with Crippen molar-refractivity contribution >= 4 is 18.1 Å². The second kappa shape index (κ2) is 10.7. The van der Waals surface area contributed by atoms with Crippen molar-refractivity contribution in [2.45, 2.75) is 31.8 Å². The lowest BCUT2D eigenvalue weighted by molar-refractivity contribution is 0.356. The first-order valence-electron chi connectivity index (χ1n) is 11.0. The van der Waals surface area contributed by atoms with Gasteiger partial charge >= 0.3 is 0 Å². The van der Waals surface area contributed by atoms with Gasteiger partial charge in [0, 0.05) is 41.6 Å². The summed E-state index contributed by atoms with van der Waals surface area (Å²) in [5.41, 5.74) is 4.63. The zero-order chi connectivity index (χ0) is 23.0. The molecule has 2 aromatic rings. The molecule has 0 radical (unpaired) electrons. The number of hydrogen-bond donors (Lipinski definition) is 2. The number of benzene rings is 2. The number of halogens is 1. The van der Waals surface area contributed by atoms with Gasteiger partial charge in [-0.15, -0.1) is 0 Å². The zero-order valence-electron chi connectivity index (χ0n) is 18.4. The highest BCUT2D eigenvalue weighted by Gasteiger charge is 2.19. The van der Waals surface area contributed by atoms with E-state index in [0.717, 1.165) is 35.4 Å². The molecule has 0 bridgehead atoms. The molecule has 2 aromatic carbocycles. The zero-order valence-corrected chi connectivity index (χ0v) is 18.4. The van der Waals surface area contributed by atoms with Crippen LogP contribution in [0.2, 0.25) is 0 Å². The topological polar surface area (TPSA) is 81.8 Å². The summed E-state index contributed by atoms with van der Waals surface area (Å²) in [6.45, 7) is 5.46. The van der Waals surface area contributed by atoms with Crippen molar-refractivity contribution in [3.63, 3.8) is 0 Å². The highest BCUT2D eigenvalue weighted by atomic mass is 19.1. The molecule has 6 nitrogen and oxygen atoms in total. The fraction of sp³-hybridized carbons (Fsp3) is 0.269. The predicted molar refractivity (Wildman–Crippen MR) is 129 cm³/mol. The molecular weight excluding hydrogens is 417 g/mol. The van der Waals surface area contributed by atoms with Crippen molar-refractivity contribution in [1.82, 2.24) is 10.6 Å². The van der Waals surface area contributed by atoms with Crippen molar-refractivity contribution in [2.24, 2.45) is 9.98 Å². The molecule has 1 saturated heterocycles. The summed E-state index contributed by atoms with van der Waals surface area (Å²) in [5.74, 6) is 0.451. The minimum absolute atomic E-state index is 0.196. The van der Waals surface area contributed by atoms with E-state index >= 15 is 0 Å². The second-order valence-corrected chi connectivity index (χ2v) is 7.94. The molecule has 4 rings (SSSR count). The van der Waals surface area contributed by atoms with Crippen molar-refractivity contribution in [1.29, 1.82) is 5.26 Å². The fourth-order valence-corrected chi connectivity index (χ4v) is 4.05. The van der Waals surface area contributed by atoms with Gasteiger partial charge in [0.15, 0.2) is 0 Å². The predicted octanol–water partition coefficient (Wildman–Crippen LogP) is 4.45. The minimum atomic E-state index is -0.281. The first kappa shape index (κ1) is 22.4. The van der Waals surface area contributed by atoms with E-state index in [-0.39, 0.29) is 18.1 Å². The average molecular weight is 444 g/mol. The van der Waals surface area contributed by atoms with Gasteiger partial charge in [0.05, 0.1) is 13.2 Å². The summed E-state index contributed by atoms with van der Waals surface area (Å²) in [7, 11) is 0. The van der Waals surface area contributed by atoms with Crippen LogP contribution in [0.1, 0.15) is 41.1 Å². The molecule has 168 valence electrons. The summed E-state index contributed by atoms with van der Waals surface area (Å²) < 4.78 is 19.7. The molecule has 0 aromatic heterocycles. The van der Waals surface area contributed by atoms with Crippen LogP contribution in [0, 0.1) is 17.1 Å². The molecule has 7 heteroatoms. The number of nitriles is 1. The average Bonchev–Trinajstić information content (AvgIpc) is 3.54. The fourth-order valence-electron chi connectivity index (χ4n) is 4.05. The molecule has 2 N–H and O–H groups in total. The number of aliphatic imine (C=N–C) groups is 2. The van der Waals surface area contributed by atoms with Crippen LogP contribution in [0.4, 0.5) is 4.39 Å². The summed E-state index contributed by atoms with van der Waals surface area (Å²) in [6, 6.07) is 13.7. The normalized spacial score (nSPS) is 17.8. The van der Waals surface area contributed by atoms with E-state index in [1.165, 1.54) is 24.4 Å². The monoisotopic (exact) mass is 443 g/mol. The van der Waals surface area contributed by atoms with Crippen LogP contribution >= 0.6 is 0 Å². The van der Waals surface area contributed by atoms with Crippen LogP contribution in [-0.4, -0.2) is 25.7 Å². The number of rotatable bonds is 8. The third-order valence-corrected chi connectivity index (χ3v) is 5.80. The van der Waals surface area contributed by atoms with Crippen molar-refractivity contribution in [2.75, 3.05) is 13.2 Å². The highest BCUT2D eigenvalue weighted by molar-refractivity contribution is 6.11. The van der Waals surface area contributed by atoms with Crippen molar-refractivity contribution < 1.29 is 9.13 Å². The third-order valence-electron chi connectivity index (χ3n) is 5.80.